The van der Waals surface area contributed by atoms with Crippen LogP contribution in [0.25, 0.3) is 0 Å². The number of hydrogen-bond donors (Lipinski definition) is 0. The average Bonchev–Trinajstić information content (AvgIpc) is 3.08. The number of nitrogens with zero attached hydrogens (tertiary/aromatic N) is 3. The second-order valence-corrected chi connectivity index (χ2v) is 6.77. The Balaban J connectivity index is 1.41. The van der Waals surface area contributed by atoms with E-state index in [1.165, 1.54) is 0 Å². The molecule has 4 rings (SSSR count). The highest BCUT2D eigenvalue weighted by Crippen LogP contribution is 2.40. The Morgan fingerprint density at radius 3 is 2.77 bits per heavy atom. The van der Waals surface area contributed by atoms with E-state index in [4.69, 9.17) is 9.26 Å². The molecule has 1 aromatic heterocycles. The molecule has 3 fully saturated rings. The van der Waals surface area contributed by atoms with Gasteiger partial charge in [0, 0.05) is 32.1 Å². The van der Waals surface area contributed by atoms with Gasteiger partial charge in [-0.1, -0.05) is 5.16 Å². The number of hydrogen-bond acceptors (Lipinski definition) is 5. The van der Waals surface area contributed by atoms with Crippen LogP contribution < -0.4 is 0 Å². The van der Waals surface area contributed by atoms with Crippen molar-refractivity contribution in [2.75, 3.05) is 19.8 Å². The zero-order chi connectivity index (χ0) is 14.9. The van der Waals surface area contributed by atoms with E-state index in [1.54, 1.807) is 0 Å². The quantitative estimate of drug-likeness (QED) is 0.854. The molecule has 0 spiro atoms. The molecular formula is C16H23N3O3. The summed E-state index contributed by atoms with van der Waals surface area (Å²) < 4.78 is 10.7. The third kappa shape index (κ3) is 2.89. The minimum Gasteiger partial charge on any atom is -0.381 e. The van der Waals surface area contributed by atoms with Crippen LogP contribution in [0.15, 0.2) is 4.52 Å². The first-order valence-corrected chi connectivity index (χ1v) is 8.52. The number of likely N-dealkylation sites (tertiary alicyclic amines) is 1. The van der Waals surface area contributed by atoms with Crippen LogP contribution in [0.2, 0.25) is 0 Å². The Hall–Kier alpha value is -1.43. The summed E-state index contributed by atoms with van der Waals surface area (Å²) in [5.74, 6) is 2.65. The number of carbonyl (C=O) groups is 1. The molecule has 1 atom stereocenters. The monoisotopic (exact) mass is 305 g/mol. The standard InChI is InChI=1S/C16H23N3O3/c20-14(10-11-5-8-21-9-6-11)19-7-1-2-13(19)15-17-16(22-18-15)12-3-4-12/h11-13H,1-10H2/t13-/m0/s1. The van der Waals surface area contributed by atoms with Gasteiger partial charge < -0.3 is 14.2 Å². The summed E-state index contributed by atoms with van der Waals surface area (Å²) in [5, 5.41) is 4.14. The maximum atomic E-state index is 12.6. The van der Waals surface area contributed by atoms with Crippen molar-refractivity contribution < 1.29 is 14.1 Å². The summed E-state index contributed by atoms with van der Waals surface area (Å²) in [6.07, 6.45) is 6.90. The number of carbonyl (C=O) groups excluding carboxylic acids is 1. The Labute approximate surface area is 130 Å². The number of ether oxygens (including phenoxy) is 1. The van der Waals surface area contributed by atoms with Crippen molar-refractivity contribution in [3.8, 4) is 0 Å². The fourth-order valence-electron chi connectivity index (χ4n) is 3.53. The molecule has 0 bridgehead atoms. The summed E-state index contributed by atoms with van der Waals surface area (Å²) in [6, 6.07) is 0.0172. The minimum atomic E-state index is 0.0172. The van der Waals surface area contributed by atoms with Gasteiger partial charge in [-0.3, -0.25) is 4.79 Å². The van der Waals surface area contributed by atoms with Crippen molar-refractivity contribution in [2.24, 2.45) is 5.92 Å². The second-order valence-electron chi connectivity index (χ2n) is 6.77. The van der Waals surface area contributed by atoms with E-state index in [0.29, 0.717) is 24.1 Å². The van der Waals surface area contributed by atoms with Gasteiger partial charge in [-0.05, 0) is 44.4 Å². The van der Waals surface area contributed by atoms with E-state index in [-0.39, 0.29) is 11.9 Å². The molecule has 1 aromatic rings. The van der Waals surface area contributed by atoms with Crippen LogP contribution in [-0.4, -0.2) is 40.7 Å². The third-order valence-electron chi connectivity index (χ3n) is 5.06. The zero-order valence-electron chi connectivity index (χ0n) is 12.9. The van der Waals surface area contributed by atoms with Crippen molar-refractivity contribution in [2.45, 2.75) is 56.9 Å². The van der Waals surface area contributed by atoms with Crippen molar-refractivity contribution in [1.82, 2.24) is 15.0 Å². The Kier molecular flexibility index (Phi) is 3.86. The van der Waals surface area contributed by atoms with Gasteiger partial charge in [-0.15, -0.1) is 0 Å². The van der Waals surface area contributed by atoms with E-state index >= 15 is 0 Å². The largest absolute Gasteiger partial charge is 0.381 e. The summed E-state index contributed by atoms with van der Waals surface area (Å²) in [5.41, 5.74) is 0. The SMILES string of the molecule is O=C(CC1CCOCC1)N1CCC[C@H]1c1noc(C2CC2)n1. The minimum absolute atomic E-state index is 0.0172. The van der Waals surface area contributed by atoms with Crippen molar-refractivity contribution in [3.63, 3.8) is 0 Å². The molecule has 6 heteroatoms. The van der Waals surface area contributed by atoms with Gasteiger partial charge in [0.25, 0.3) is 0 Å². The van der Waals surface area contributed by atoms with Gasteiger partial charge in [0.05, 0.1) is 6.04 Å². The lowest BCUT2D eigenvalue weighted by Gasteiger charge is -2.26. The van der Waals surface area contributed by atoms with Crippen LogP contribution >= 0.6 is 0 Å². The van der Waals surface area contributed by atoms with Crippen LogP contribution in [0.1, 0.15) is 68.6 Å². The fourth-order valence-corrected chi connectivity index (χ4v) is 3.53. The van der Waals surface area contributed by atoms with Gasteiger partial charge in [0.2, 0.25) is 11.8 Å². The van der Waals surface area contributed by atoms with E-state index in [0.717, 1.165) is 64.2 Å². The Morgan fingerprint density at radius 2 is 2.00 bits per heavy atom. The highest BCUT2D eigenvalue weighted by atomic mass is 16.5. The lowest BCUT2D eigenvalue weighted by molar-refractivity contribution is -0.134. The molecule has 1 aliphatic carbocycles. The van der Waals surface area contributed by atoms with Gasteiger partial charge in [-0.25, -0.2) is 0 Å². The van der Waals surface area contributed by atoms with E-state index in [1.807, 2.05) is 4.90 Å². The molecule has 3 heterocycles. The van der Waals surface area contributed by atoms with Crippen LogP contribution in [-0.2, 0) is 9.53 Å². The highest BCUT2D eigenvalue weighted by Gasteiger charge is 2.36. The molecule has 1 saturated carbocycles. The molecule has 0 radical (unpaired) electrons. The molecule has 6 nitrogen and oxygen atoms in total. The van der Waals surface area contributed by atoms with Gasteiger partial charge in [-0.2, -0.15) is 4.98 Å². The number of aromatic nitrogens is 2. The molecule has 1 amide bonds. The van der Waals surface area contributed by atoms with Gasteiger partial charge in [0.15, 0.2) is 5.82 Å². The Bertz CT molecular complexity index is 534. The maximum absolute atomic E-state index is 12.6. The van der Waals surface area contributed by atoms with Crippen LogP contribution in [0.4, 0.5) is 0 Å². The van der Waals surface area contributed by atoms with Gasteiger partial charge in [0.1, 0.15) is 0 Å². The molecule has 0 unspecified atom stereocenters. The summed E-state index contributed by atoms with van der Waals surface area (Å²) >= 11 is 0. The molecule has 3 aliphatic rings. The van der Waals surface area contributed by atoms with Crippen LogP contribution in [0.3, 0.4) is 0 Å². The Morgan fingerprint density at radius 1 is 1.18 bits per heavy atom. The topological polar surface area (TPSA) is 68.5 Å². The highest BCUT2D eigenvalue weighted by molar-refractivity contribution is 5.77. The molecule has 0 aromatic carbocycles. The van der Waals surface area contributed by atoms with Crippen molar-refractivity contribution >= 4 is 5.91 Å². The van der Waals surface area contributed by atoms with E-state index in [9.17, 15) is 4.79 Å². The van der Waals surface area contributed by atoms with Crippen LogP contribution in [0, 0.1) is 5.92 Å². The number of amides is 1. The van der Waals surface area contributed by atoms with E-state index in [2.05, 4.69) is 10.1 Å². The first-order chi connectivity index (χ1) is 10.8. The predicted molar refractivity (Wildman–Crippen MR) is 78.1 cm³/mol. The summed E-state index contributed by atoms with van der Waals surface area (Å²) in [4.78, 5) is 19.2. The molecular weight excluding hydrogens is 282 g/mol. The van der Waals surface area contributed by atoms with E-state index < -0.39 is 0 Å². The summed E-state index contributed by atoms with van der Waals surface area (Å²) in [7, 11) is 0. The second kappa shape index (κ2) is 5.99. The normalized spacial score (nSPS) is 26.5. The molecule has 0 N–H and O–H groups in total. The van der Waals surface area contributed by atoms with Crippen molar-refractivity contribution in [3.05, 3.63) is 11.7 Å². The lowest BCUT2D eigenvalue weighted by Crippen LogP contribution is -2.33. The fraction of sp³-hybridized carbons (Fsp3) is 0.812. The molecule has 2 aliphatic heterocycles. The van der Waals surface area contributed by atoms with Gasteiger partial charge >= 0.3 is 0 Å². The lowest BCUT2D eigenvalue weighted by atomic mass is 9.96. The smallest absolute Gasteiger partial charge is 0.229 e. The molecule has 120 valence electrons. The predicted octanol–water partition coefficient (Wildman–Crippen LogP) is 2.43. The first-order valence-electron chi connectivity index (χ1n) is 8.52. The third-order valence-corrected chi connectivity index (χ3v) is 5.06. The molecule has 2 saturated heterocycles. The zero-order valence-corrected chi connectivity index (χ0v) is 12.9. The number of rotatable bonds is 4. The maximum Gasteiger partial charge on any atom is 0.229 e. The summed E-state index contributed by atoms with van der Waals surface area (Å²) in [6.45, 7) is 2.40. The molecule has 22 heavy (non-hydrogen) atoms. The first kappa shape index (κ1) is 14.2. The average molecular weight is 305 g/mol. The van der Waals surface area contributed by atoms with Crippen LogP contribution in [0.5, 0.6) is 0 Å². The van der Waals surface area contributed by atoms with Crippen molar-refractivity contribution in [1.29, 1.82) is 0 Å².